The van der Waals surface area contributed by atoms with E-state index in [1.807, 2.05) is 6.07 Å². The van der Waals surface area contributed by atoms with Crippen LogP contribution in [0.5, 0.6) is 0 Å². The van der Waals surface area contributed by atoms with Gasteiger partial charge in [0.05, 0.1) is 0 Å². The molecule has 0 aliphatic carbocycles. The van der Waals surface area contributed by atoms with Crippen molar-refractivity contribution in [3.05, 3.63) is 56.7 Å². The topological polar surface area (TPSA) is 0 Å². The van der Waals surface area contributed by atoms with Crippen molar-refractivity contribution < 1.29 is 0 Å². The van der Waals surface area contributed by atoms with E-state index in [2.05, 4.69) is 51.6 Å². The standard InChI is InChI=1S/C11H9BrS/c12-11-6-2-1-4-9(11)8-10-5-3-7-13-10/h1-7H,8H2. The Morgan fingerprint density at radius 2 is 1.92 bits per heavy atom. The number of thiophene rings is 1. The normalized spacial score (nSPS) is 10.2. The van der Waals surface area contributed by atoms with Gasteiger partial charge in [-0.25, -0.2) is 0 Å². The molecule has 0 aliphatic rings. The first kappa shape index (κ1) is 8.97. The molecular formula is C11H9BrS. The molecule has 2 aromatic rings. The van der Waals surface area contributed by atoms with Gasteiger partial charge in [-0.3, -0.25) is 0 Å². The van der Waals surface area contributed by atoms with Gasteiger partial charge in [-0.1, -0.05) is 40.2 Å². The molecule has 13 heavy (non-hydrogen) atoms. The lowest BCUT2D eigenvalue weighted by atomic mass is 10.1. The Balaban J connectivity index is 2.24. The van der Waals surface area contributed by atoms with Crippen LogP contribution in [0.4, 0.5) is 0 Å². The lowest BCUT2D eigenvalue weighted by molar-refractivity contribution is 1.22. The Morgan fingerprint density at radius 1 is 1.08 bits per heavy atom. The number of rotatable bonds is 2. The Morgan fingerprint density at radius 3 is 2.62 bits per heavy atom. The quantitative estimate of drug-likeness (QED) is 0.755. The first-order valence-corrected chi connectivity index (χ1v) is 5.79. The highest BCUT2D eigenvalue weighted by Gasteiger charge is 2.00. The molecule has 0 bridgehead atoms. The van der Waals surface area contributed by atoms with Crippen LogP contribution in [0.3, 0.4) is 0 Å². The third kappa shape index (κ3) is 2.20. The number of hydrogen-bond acceptors (Lipinski definition) is 1. The van der Waals surface area contributed by atoms with Crippen LogP contribution < -0.4 is 0 Å². The molecule has 0 atom stereocenters. The fourth-order valence-electron chi connectivity index (χ4n) is 1.24. The van der Waals surface area contributed by atoms with Crippen LogP contribution in [0, 0.1) is 0 Å². The van der Waals surface area contributed by atoms with Crippen molar-refractivity contribution in [3.8, 4) is 0 Å². The molecule has 1 aromatic heterocycles. The molecule has 2 heteroatoms. The summed E-state index contributed by atoms with van der Waals surface area (Å²) in [5.74, 6) is 0. The Bertz CT molecular complexity index is 379. The highest BCUT2D eigenvalue weighted by Crippen LogP contribution is 2.21. The van der Waals surface area contributed by atoms with Gasteiger partial charge in [0.2, 0.25) is 0 Å². The second-order valence-corrected chi connectivity index (χ2v) is 4.73. The van der Waals surface area contributed by atoms with E-state index >= 15 is 0 Å². The van der Waals surface area contributed by atoms with Gasteiger partial charge in [0.25, 0.3) is 0 Å². The van der Waals surface area contributed by atoms with Crippen LogP contribution in [-0.2, 0) is 6.42 Å². The van der Waals surface area contributed by atoms with E-state index in [9.17, 15) is 0 Å². The Labute approximate surface area is 90.4 Å². The molecule has 0 radical (unpaired) electrons. The molecule has 0 fully saturated rings. The molecule has 0 amide bonds. The highest BCUT2D eigenvalue weighted by atomic mass is 79.9. The third-order valence-electron chi connectivity index (χ3n) is 1.90. The minimum absolute atomic E-state index is 1.03. The predicted octanol–water partition coefficient (Wildman–Crippen LogP) is 4.10. The van der Waals surface area contributed by atoms with Gasteiger partial charge in [0.15, 0.2) is 0 Å². The molecule has 66 valence electrons. The van der Waals surface area contributed by atoms with Gasteiger partial charge in [-0.05, 0) is 23.1 Å². The van der Waals surface area contributed by atoms with Gasteiger partial charge in [-0.15, -0.1) is 11.3 Å². The van der Waals surface area contributed by atoms with Gasteiger partial charge < -0.3 is 0 Å². The molecular weight excluding hydrogens is 244 g/mol. The monoisotopic (exact) mass is 252 g/mol. The fourth-order valence-corrected chi connectivity index (χ4v) is 2.40. The second kappa shape index (κ2) is 4.07. The molecule has 2 rings (SSSR count). The maximum atomic E-state index is 3.55. The van der Waals surface area contributed by atoms with Gasteiger partial charge in [0, 0.05) is 15.8 Å². The van der Waals surface area contributed by atoms with Crippen LogP contribution in [0.2, 0.25) is 0 Å². The van der Waals surface area contributed by atoms with Crippen LogP contribution in [0.15, 0.2) is 46.3 Å². The minimum Gasteiger partial charge on any atom is -0.149 e. The zero-order chi connectivity index (χ0) is 9.10. The first-order chi connectivity index (χ1) is 6.36. The smallest absolute Gasteiger partial charge is 0.0210 e. The summed E-state index contributed by atoms with van der Waals surface area (Å²) in [5, 5.41) is 2.12. The van der Waals surface area contributed by atoms with E-state index in [4.69, 9.17) is 0 Å². The molecule has 0 unspecified atom stereocenters. The van der Waals surface area contributed by atoms with Crippen molar-refractivity contribution in [2.45, 2.75) is 6.42 Å². The maximum Gasteiger partial charge on any atom is 0.0210 e. The van der Waals surface area contributed by atoms with Gasteiger partial charge in [0.1, 0.15) is 0 Å². The molecule has 0 saturated heterocycles. The van der Waals surface area contributed by atoms with E-state index < -0.39 is 0 Å². The summed E-state index contributed by atoms with van der Waals surface area (Å²) in [6.07, 6.45) is 1.03. The molecule has 1 aromatic carbocycles. The lowest BCUT2D eigenvalue weighted by Gasteiger charge is -2.00. The van der Waals surface area contributed by atoms with Crippen LogP contribution in [0.1, 0.15) is 10.4 Å². The predicted molar refractivity (Wildman–Crippen MR) is 61.3 cm³/mol. The van der Waals surface area contributed by atoms with Crippen molar-refractivity contribution in [2.75, 3.05) is 0 Å². The summed E-state index contributed by atoms with van der Waals surface area (Å²) in [6, 6.07) is 12.6. The molecule has 0 spiro atoms. The molecule has 0 saturated carbocycles. The summed E-state index contributed by atoms with van der Waals surface area (Å²) in [7, 11) is 0. The van der Waals surface area contributed by atoms with Crippen molar-refractivity contribution in [1.82, 2.24) is 0 Å². The van der Waals surface area contributed by atoms with Crippen LogP contribution in [0.25, 0.3) is 0 Å². The fraction of sp³-hybridized carbons (Fsp3) is 0.0909. The van der Waals surface area contributed by atoms with E-state index in [-0.39, 0.29) is 0 Å². The molecule has 0 N–H and O–H groups in total. The Kier molecular flexibility index (Phi) is 2.81. The maximum absolute atomic E-state index is 3.55. The average molecular weight is 253 g/mol. The van der Waals surface area contributed by atoms with E-state index in [0.29, 0.717) is 0 Å². The molecule has 0 nitrogen and oxygen atoms in total. The Hall–Kier alpha value is -0.600. The van der Waals surface area contributed by atoms with Crippen molar-refractivity contribution in [2.24, 2.45) is 0 Å². The summed E-state index contributed by atoms with van der Waals surface area (Å²) in [6.45, 7) is 0. The zero-order valence-corrected chi connectivity index (χ0v) is 9.44. The second-order valence-electron chi connectivity index (χ2n) is 2.85. The van der Waals surface area contributed by atoms with Crippen LogP contribution in [-0.4, -0.2) is 0 Å². The van der Waals surface area contributed by atoms with Crippen molar-refractivity contribution in [1.29, 1.82) is 0 Å². The number of hydrogen-bond donors (Lipinski definition) is 0. The summed E-state index contributed by atoms with van der Waals surface area (Å²) >= 11 is 5.35. The molecule has 0 aliphatic heterocycles. The minimum atomic E-state index is 1.03. The zero-order valence-electron chi connectivity index (χ0n) is 7.03. The van der Waals surface area contributed by atoms with E-state index in [1.54, 1.807) is 11.3 Å². The van der Waals surface area contributed by atoms with Crippen molar-refractivity contribution in [3.63, 3.8) is 0 Å². The summed E-state index contributed by atoms with van der Waals surface area (Å²) in [4.78, 5) is 1.41. The van der Waals surface area contributed by atoms with E-state index in [1.165, 1.54) is 14.9 Å². The highest BCUT2D eigenvalue weighted by molar-refractivity contribution is 9.10. The lowest BCUT2D eigenvalue weighted by Crippen LogP contribution is -1.84. The van der Waals surface area contributed by atoms with Gasteiger partial charge in [-0.2, -0.15) is 0 Å². The molecule has 1 heterocycles. The average Bonchev–Trinajstić information content (AvgIpc) is 2.61. The summed E-state index contributed by atoms with van der Waals surface area (Å²) in [5.41, 5.74) is 1.35. The first-order valence-electron chi connectivity index (χ1n) is 4.12. The summed E-state index contributed by atoms with van der Waals surface area (Å²) < 4.78 is 1.20. The third-order valence-corrected chi connectivity index (χ3v) is 3.55. The largest absolute Gasteiger partial charge is 0.149 e. The van der Waals surface area contributed by atoms with Crippen molar-refractivity contribution >= 4 is 27.3 Å². The van der Waals surface area contributed by atoms with Crippen LogP contribution >= 0.6 is 27.3 Å². The number of benzene rings is 1. The number of halogens is 1. The van der Waals surface area contributed by atoms with Gasteiger partial charge >= 0.3 is 0 Å². The van der Waals surface area contributed by atoms with E-state index in [0.717, 1.165) is 6.42 Å². The SMILES string of the molecule is Brc1ccccc1Cc1cccs1.